The van der Waals surface area contributed by atoms with E-state index in [1.165, 1.54) is 11.1 Å². The molecule has 13 nitrogen and oxygen atoms in total. The Balaban J connectivity index is 0.000000183. The standard InChI is InChI=1S/C32H35ClN4O3.C26H26ClN5O/c1-32(2,3)40-31(39)37-22-14-11-21(12-15-22)30(38)36-24-9-6-8-23(17-24)35-29-18-27(28(33)19-34-29)26-16-13-20-7-4-5-10-25(20)26;27-23-15-30-25(13-21(23)22-14-29-24-7-2-1-6-20(22)24)31-18-4-3-5-19(12-18)32-26(33)16-8-10-17(28)11-9-16/h4-5,7,10-12,14-16,18-19,23-24H,6,8-9,13,17H2,1-3H3,(H,34,35)(H,36,38)(H,37,39);1-2,6-11,13-15,18-19,29H,3-5,12,28H2,(H,30,31)(H,32,33)/t23-,24+;18-,19+/m11/s1. The highest BCUT2D eigenvalue weighted by atomic mass is 35.5. The zero-order valence-corrected chi connectivity index (χ0v) is 42.7. The molecule has 0 aliphatic heterocycles. The van der Waals surface area contributed by atoms with Gasteiger partial charge in [-0.3, -0.25) is 14.9 Å². The van der Waals surface area contributed by atoms with Crippen LogP contribution in [0.15, 0.2) is 134 Å². The fourth-order valence-corrected chi connectivity index (χ4v) is 10.3. The summed E-state index contributed by atoms with van der Waals surface area (Å²) < 4.78 is 5.28. The third-order valence-electron chi connectivity index (χ3n) is 13.4. The average molecular weight is 1020 g/mol. The summed E-state index contributed by atoms with van der Waals surface area (Å²) in [5, 5.41) is 18.5. The number of nitrogens with zero attached hydrogens (tertiary/aromatic N) is 2. The summed E-state index contributed by atoms with van der Waals surface area (Å²) in [4.78, 5) is 49.9. The van der Waals surface area contributed by atoms with Crippen molar-refractivity contribution in [3.8, 4) is 11.1 Å². The zero-order chi connectivity index (χ0) is 51.1. The molecule has 0 bridgehead atoms. The summed E-state index contributed by atoms with van der Waals surface area (Å²) >= 11 is 13.1. The van der Waals surface area contributed by atoms with Gasteiger partial charge < -0.3 is 36.7 Å². The van der Waals surface area contributed by atoms with Gasteiger partial charge in [0.1, 0.15) is 17.2 Å². The van der Waals surface area contributed by atoms with Crippen molar-refractivity contribution in [1.29, 1.82) is 0 Å². The third-order valence-corrected chi connectivity index (χ3v) is 14.0. The number of nitrogen functional groups attached to an aromatic ring is 1. The molecule has 3 heterocycles. The van der Waals surface area contributed by atoms with Crippen molar-refractivity contribution in [2.75, 3.05) is 21.7 Å². The minimum Gasteiger partial charge on any atom is -0.444 e. The number of fused-ring (bicyclic) bond motifs is 2. The predicted octanol–water partition coefficient (Wildman–Crippen LogP) is 12.8. The molecule has 3 aliphatic carbocycles. The van der Waals surface area contributed by atoms with Gasteiger partial charge in [-0.2, -0.15) is 0 Å². The molecule has 8 N–H and O–H groups in total. The Morgan fingerprint density at radius 3 is 1.84 bits per heavy atom. The second kappa shape index (κ2) is 22.6. The number of allylic oxidation sites excluding steroid dienone is 1. The number of rotatable bonds is 11. The Morgan fingerprint density at radius 1 is 0.658 bits per heavy atom. The molecule has 15 heteroatoms. The number of carbonyl (C=O) groups is 3. The number of pyridine rings is 2. The van der Waals surface area contributed by atoms with Crippen LogP contribution >= 0.6 is 23.2 Å². The number of halogens is 2. The molecule has 0 radical (unpaired) electrons. The van der Waals surface area contributed by atoms with Gasteiger partial charge in [-0.1, -0.05) is 71.7 Å². The minimum absolute atomic E-state index is 0.0505. The van der Waals surface area contributed by atoms with E-state index in [9.17, 15) is 14.4 Å². The molecular formula is C58H61Cl2N9O4. The maximum Gasteiger partial charge on any atom is 0.412 e. The van der Waals surface area contributed by atoms with E-state index >= 15 is 0 Å². The topological polar surface area (TPSA) is 188 Å². The molecule has 7 aromatic rings. The molecule has 3 amide bonds. The lowest BCUT2D eigenvalue weighted by molar-refractivity contribution is 0.0635. The van der Waals surface area contributed by atoms with Crippen molar-refractivity contribution in [3.63, 3.8) is 0 Å². The monoisotopic (exact) mass is 1020 g/mol. The molecular weight excluding hydrogens is 958 g/mol. The van der Waals surface area contributed by atoms with Gasteiger partial charge in [-0.15, -0.1) is 0 Å². The second-order valence-corrected chi connectivity index (χ2v) is 20.8. The summed E-state index contributed by atoms with van der Waals surface area (Å²) in [6.45, 7) is 5.42. The maximum atomic E-state index is 13.0. The molecule has 3 aromatic heterocycles. The van der Waals surface area contributed by atoms with Crippen LogP contribution in [0.5, 0.6) is 0 Å². The Morgan fingerprint density at radius 2 is 1.21 bits per heavy atom. The number of aromatic amines is 1. The van der Waals surface area contributed by atoms with E-state index in [2.05, 4.69) is 77.9 Å². The molecule has 3 aliphatic rings. The van der Waals surface area contributed by atoms with Crippen LogP contribution in [0, 0.1) is 0 Å². The Hall–Kier alpha value is -7.35. The Kier molecular flexibility index (Phi) is 15.7. The number of ether oxygens (including phenoxy) is 1. The molecule has 4 atom stereocenters. The van der Waals surface area contributed by atoms with Crippen molar-refractivity contribution in [3.05, 3.63) is 172 Å². The molecule has 4 aromatic carbocycles. The van der Waals surface area contributed by atoms with Gasteiger partial charge in [0.05, 0.1) is 10.0 Å². The van der Waals surface area contributed by atoms with Crippen LogP contribution in [0.1, 0.15) is 110 Å². The number of nitrogens with one attached hydrogen (secondary N) is 6. The van der Waals surface area contributed by atoms with Crippen LogP contribution in [0.4, 0.5) is 27.8 Å². The molecule has 2 fully saturated rings. The van der Waals surface area contributed by atoms with Crippen molar-refractivity contribution in [2.45, 2.75) is 108 Å². The van der Waals surface area contributed by atoms with E-state index < -0.39 is 11.7 Å². The first-order valence-electron chi connectivity index (χ1n) is 25.0. The van der Waals surface area contributed by atoms with Gasteiger partial charge in [-0.25, -0.2) is 14.8 Å². The highest BCUT2D eigenvalue weighted by Crippen LogP contribution is 2.38. The van der Waals surface area contributed by atoms with E-state index in [1.807, 2.05) is 57.3 Å². The number of H-pyrrole nitrogens is 1. The van der Waals surface area contributed by atoms with Crippen LogP contribution in [-0.2, 0) is 11.2 Å². The maximum absolute atomic E-state index is 13.0. The lowest BCUT2D eigenvalue weighted by atomic mass is 9.90. The van der Waals surface area contributed by atoms with Crippen LogP contribution in [-0.4, -0.2) is 62.6 Å². The van der Waals surface area contributed by atoms with E-state index in [4.69, 9.17) is 33.7 Å². The lowest BCUT2D eigenvalue weighted by Crippen LogP contribution is -2.41. The molecule has 10 rings (SSSR count). The summed E-state index contributed by atoms with van der Waals surface area (Å²) in [5.74, 6) is 1.38. The number of hydrogen-bond donors (Lipinski definition) is 7. The van der Waals surface area contributed by atoms with E-state index in [1.54, 1.807) is 60.9 Å². The fraction of sp³-hybridized carbons (Fsp3) is 0.293. The lowest BCUT2D eigenvalue weighted by Gasteiger charge is -2.31. The fourth-order valence-electron chi connectivity index (χ4n) is 9.90. The highest BCUT2D eigenvalue weighted by Gasteiger charge is 2.27. The molecule has 0 saturated heterocycles. The molecule has 73 heavy (non-hydrogen) atoms. The summed E-state index contributed by atoms with van der Waals surface area (Å²) in [7, 11) is 0. The summed E-state index contributed by atoms with van der Waals surface area (Å²) in [5.41, 5.74) is 15.2. The first-order valence-corrected chi connectivity index (χ1v) is 25.7. The van der Waals surface area contributed by atoms with Gasteiger partial charge in [0.2, 0.25) is 0 Å². The number of anilines is 4. The van der Waals surface area contributed by atoms with Crippen molar-refractivity contribution in [1.82, 2.24) is 25.6 Å². The first-order chi connectivity index (χ1) is 35.2. The van der Waals surface area contributed by atoms with Crippen LogP contribution < -0.4 is 32.3 Å². The normalized spacial score (nSPS) is 18.3. The van der Waals surface area contributed by atoms with Gasteiger partial charge in [0, 0.05) is 92.9 Å². The van der Waals surface area contributed by atoms with Crippen molar-refractivity contribution < 1.29 is 19.1 Å². The molecule has 0 spiro atoms. The number of amides is 3. The largest absolute Gasteiger partial charge is 0.444 e. The first kappa shape index (κ1) is 50.6. The molecule has 376 valence electrons. The Labute approximate surface area is 436 Å². The highest BCUT2D eigenvalue weighted by molar-refractivity contribution is 6.34. The smallest absolute Gasteiger partial charge is 0.412 e. The van der Waals surface area contributed by atoms with Gasteiger partial charge in [0.25, 0.3) is 11.8 Å². The SMILES string of the molecule is CC(C)(C)OC(=O)Nc1ccc(C(=O)N[C@H]2CCC[C@@H](Nc3cc(C4=CCc5ccccc54)c(Cl)cn3)C2)cc1.Nc1ccc(C(=O)N[C@H]2CCC[C@@H](Nc3cc(-c4c[nH]c5ccccc45)c(Cl)cn3)C2)cc1. The van der Waals surface area contributed by atoms with Gasteiger partial charge >= 0.3 is 6.09 Å². The summed E-state index contributed by atoms with van der Waals surface area (Å²) in [6, 6.07) is 35.0. The van der Waals surface area contributed by atoms with E-state index in [0.717, 1.165) is 103 Å². The summed E-state index contributed by atoms with van der Waals surface area (Å²) in [6.07, 6.45) is 15.6. The van der Waals surface area contributed by atoms with Crippen LogP contribution in [0.3, 0.4) is 0 Å². The second-order valence-electron chi connectivity index (χ2n) is 20.0. The third kappa shape index (κ3) is 13.0. The van der Waals surface area contributed by atoms with Crippen LogP contribution in [0.25, 0.3) is 27.6 Å². The zero-order valence-electron chi connectivity index (χ0n) is 41.2. The molecule has 2 saturated carbocycles. The number of benzene rings is 4. The van der Waals surface area contributed by atoms with Crippen molar-refractivity contribution in [2.24, 2.45) is 0 Å². The molecule has 0 unspecified atom stereocenters. The van der Waals surface area contributed by atoms with Gasteiger partial charge in [-0.05, 0) is 162 Å². The Bertz CT molecular complexity index is 3130. The van der Waals surface area contributed by atoms with Gasteiger partial charge in [0.15, 0.2) is 0 Å². The quantitative estimate of drug-likeness (QED) is 0.0619. The average Bonchev–Trinajstić information content (AvgIpc) is 4.01. The number of aromatic nitrogens is 3. The van der Waals surface area contributed by atoms with E-state index in [0.29, 0.717) is 32.5 Å². The van der Waals surface area contributed by atoms with E-state index in [-0.39, 0.29) is 36.0 Å². The number of para-hydroxylation sites is 1. The minimum atomic E-state index is -0.581. The van der Waals surface area contributed by atoms with Crippen LogP contribution in [0.2, 0.25) is 10.0 Å². The number of hydrogen-bond acceptors (Lipinski definition) is 9. The predicted molar refractivity (Wildman–Crippen MR) is 294 cm³/mol. The van der Waals surface area contributed by atoms with Crippen molar-refractivity contribution >= 4 is 80.6 Å². The number of nitrogens with two attached hydrogens (primary N) is 1. The number of carbonyl (C=O) groups excluding carboxylic acids is 3.